The van der Waals surface area contributed by atoms with Crippen LogP contribution in [0.5, 0.6) is 5.75 Å². The Kier molecular flexibility index (Phi) is 10.6. The van der Waals surface area contributed by atoms with Gasteiger partial charge in [0, 0.05) is 12.6 Å². The van der Waals surface area contributed by atoms with Gasteiger partial charge in [0.25, 0.3) is 0 Å². The zero-order valence-corrected chi connectivity index (χ0v) is 23.8. The molecule has 3 rings (SSSR count). The van der Waals surface area contributed by atoms with Gasteiger partial charge in [0.2, 0.25) is 21.8 Å². The number of ether oxygens (including phenoxy) is 1. The minimum absolute atomic E-state index is 0.100. The summed E-state index contributed by atoms with van der Waals surface area (Å²) in [6, 6.07) is 13.9. The monoisotopic (exact) mass is 543 g/mol. The van der Waals surface area contributed by atoms with Crippen LogP contribution >= 0.6 is 0 Å². The smallest absolute Gasteiger partial charge is 0.244 e. The molecule has 1 aliphatic rings. The van der Waals surface area contributed by atoms with Crippen LogP contribution in [0.25, 0.3) is 0 Å². The molecule has 1 N–H and O–H groups in total. The van der Waals surface area contributed by atoms with E-state index in [9.17, 15) is 18.0 Å². The third-order valence-corrected chi connectivity index (χ3v) is 8.27. The van der Waals surface area contributed by atoms with E-state index in [1.807, 2.05) is 50.2 Å². The van der Waals surface area contributed by atoms with E-state index >= 15 is 0 Å². The summed E-state index contributed by atoms with van der Waals surface area (Å²) in [5, 5.41) is 3.16. The van der Waals surface area contributed by atoms with Gasteiger partial charge in [0.1, 0.15) is 18.3 Å². The van der Waals surface area contributed by atoms with Gasteiger partial charge in [-0.2, -0.15) is 0 Å². The molecule has 8 nitrogen and oxygen atoms in total. The molecule has 0 aliphatic heterocycles. The van der Waals surface area contributed by atoms with E-state index in [1.54, 1.807) is 19.2 Å². The van der Waals surface area contributed by atoms with E-state index in [0.29, 0.717) is 24.3 Å². The number of carbonyl (C=O) groups excluding carboxylic acids is 2. The lowest BCUT2D eigenvalue weighted by atomic mass is 9.95. The van der Waals surface area contributed by atoms with Gasteiger partial charge >= 0.3 is 0 Å². The number of sulfonamides is 1. The van der Waals surface area contributed by atoms with Crippen LogP contribution in [0.3, 0.4) is 0 Å². The van der Waals surface area contributed by atoms with Crippen molar-refractivity contribution in [2.24, 2.45) is 0 Å². The number of para-hydroxylation sites is 1. The van der Waals surface area contributed by atoms with Crippen LogP contribution in [-0.4, -0.2) is 57.1 Å². The number of rotatable bonds is 12. The average molecular weight is 544 g/mol. The Morgan fingerprint density at radius 3 is 2.39 bits per heavy atom. The topological polar surface area (TPSA) is 96.0 Å². The molecule has 0 spiro atoms. The van der Waals surface area contributed by atoms with E-state index in [2.05, 4.69) is 5.32 Å². The Morgan fingerprint density at radius 2 is 1.76 bits per heavy atom. The number of nitrogens with one attached hydrogen (secondary N) is 1. The van der Waals surface area contributed by atoms with Gasteiger partial charge in [0.15, 0.2) is 0 Å². The number of anilines is 1. The second-order valence-corrected chi connectivity index (χ2v) is 11.8. The van der Waals surface area contributed by atoms with Crippen molar-refractivity contribution in [2.45, 2.75) is 77.4 Å². The van der Waals surface area contributed by atoms with E-state index in [-0.39, 0.29) is 18.5 Å². The van der Waals surface area contributed by atoms with Gasteiger partial charge < -0.3 is 15.0 Å². The molecule has 38 heavy (non-hydrogen) atoms. The highest BCUT2D eigenvalue weighted by atomic mass is 32.2. The zero-order valence-electron chi connectivity index (χ0n) is 23.0. The molecule has 2 aromatic rings. The van der Waals surface area contributed by atoms with E-state index < -0.39 is 28.5 Å². The molecule has 0 saturated heterocycles. The van der Waals surface area contributed by atoms with Gasteiger partial charge in [-0.15, -0.1) is 0 Å². The van der Waals surface area contributed by atoms with Crippen LogP contribution in [-0.2, 0) is 32.6 Å². The lowest BCUT2D eigenvalue weighted by Crippen LogP contribution is -2.54. The number of hydrogen-bond donors (Lipinski definition) is 1. The lowest BCUT2D eigenvalue weighted by molar-refractivity contribution is -0.140. The molecule has 0 unspecified atom stereocenters. The maximum Gasteiger partial charge on any atom is 0.244 e. The van der Waals surface area contributed by atoms with Crippen molar-refractivity contribution in [1.82, 2.24) is 10.2 Å². The van der Waals surface area contributed by atoms with E-state index in [0.717, 1.165) is 47.4 Å². The van der Waals surface area contributed by atoms with Gasteiger partial charge in [-0.05, 0) is 55.0 Å². The van der Waals surface area contributed by atoms with E-state index in [1.165, 1.54) is 11.3 Å². The summed E-state index contributed by atoms with van der Waals surface area (Å²) in [7, 11) is -2.20. The molecule has 208 valence electrons. The Hall–Kier alpha value is -3.07. The molecule has 0 radical (unpaired) electrons. The molecule has 0 bridgehead atoms. The molecule has 0 aromatic heterocycles. The fourth-order valence-corrected chi connectivity index (χ4v) is 5.96. The molecule has 2 amide bonds. The highest BCUT2D eigenvalue weighted by Gasteiger charge is 2.33. The number of nitrogens with zero attached hydrogens (tertiary/aromatic N) is 2. The largest absolute Gasteiger partial charge is 0.497 e. The van der Waals surface area contributed by atoms with Gasteiger partial charge in [-0.25, -0.2) is 8.42 Å². The molecule has 1 atom stereocenters. The predicted octanol–water partition coefficient (Wildman–Crippen LogP) is 4.28. The number of hydrogen-bond acceptors (Lipinski definition) is 5. The molecular formula is C29H41N3O5S. The summed E-state index contributed by atoms with van der Waals surface area (Å²) >= 11 is 0. The first-order valence-corrected chi connectivity index (χ1v) is 15.3. The molecule has 1 saturated carbocycles. The highest BCUT2D eigenvalue weighted by Crippen LogP contribution is 2.25. The van der Waals surface area contributed by atoms with Crippen molar-refractivity contribution < 1.29 is 22.7 Å². The first-order chi connectivity index (χ1) is 18.2. The first-order valence-electron chi connectivity index (χ1n) is 13.5. The summed E-state index contributed by atoms with van der Waals surface area (Å²) in [4.78, 5) is 28.9. The Balaban J connectivity index is 1.95. The molecule has 0 heterocycles. The Morgan fingerprint density at radius 1 is 1.05 bits per heavy atom. The van der Waals surface area contributed by atoms with Crippen LogP contribution in [0.15, 0.2) is 48.5 Å². The van der Waals surface area contributed by atoms with Crippen LogP contribution in [0.4, 0.5) is 5.69 Å². The molecule has 1 fully saturated rings. The number of amides is 2. The number of benzene rings is 2. The lowest BCUT2D eigenvalue weighted by Gasteiger charge is -2.34. The number of methoxy groups -OCH3 is 1. The van der Waals surface area contributed by atoms with Crippen LogP contribution in [0, 0.1) is 0 Å². The number of aryl methyl sites for hydroxylation is 1. The summed E-state index contributed by atoms with van der Waals surface area (Å²) in [5.41, 5.74) is 2.10. The fourth-order valence-electron chi connectivity index (χ4n) is 5.08. The van der Waals surface area contributed by atoms with E-state index in [4.69, 9.17) is 4.74 Å². The molecule has 1 aliphatic carbocycles. The summed E-state index contributed by atoms with van der Waals surface area (Å²) in [6.07, 6.45) is 7.31. The molecule has 2 aromatic carbocycles. The SMILES string of the molecule is CCc1ccccc1N(CC(=O)N(Cc1cccc(OC)c1)[C@H](CC)C(=O)NC1CCCCC1)S(C)(=O)=O. The Labute approximate surface area is 227 Å². The van der Waals surface area contributed by atoms with Crippen molar-refractivity contribution in [1.29, 1.82) is 0 Å². The standard InChI is InChI=1S/C29H41N3O5S/c1-5-23-14-10-11-18-27(23)32(38(4,35)36)21-28(33)31(20-22-13-12-17-25(19-22)37-3)26(6-2)29(34)30-24-15-8-7-9-16-24/h10-14,17-19,24,26H,5-9,15-16,20-21H2,1-4H3,(H,30,34)/t26-/m1/s1. The third kappa shape index (κ3) is 7.72. The maximum absolute atomic E-state index is 13.9. The minimum atomic E-state index is -3.77. The van der Waals surface area contributed by atoms with Crippen molar-refractivity contribution in [3.05, 3.63) is 59.7 Å². The van der Waals surface area contributed by atoms with Crippen LogP contribution < -0.4 is 14.4 Å². The van der Waals surface area contributed by atoms with Crippen molar-refractivity contribution in [2.75, 3.05) is 24.2 Å². The molecular weight excluding hydrogens is 502 g/mol. The normalized spacial score (nSPS) is 14.9. The average Bonchev–Trinajstić information content (AvgIpc) is 2.91. The quantitative estimate of drug-likeness (QED) is 0.431. The zero-order chi connectivity index (χ0) is 27.7. The maximum atomic E-state index is 13.9. The van der Waals surface area contributed by atoms with Crippen LogP contribution in [0.1, 0.15) is 63.5 Å². The minimum Gasteiger partial charge on any atom is -0.497 e. The van der Waals surface area contributed by atoms with Crippen molar-refractivity contribution in [3.8, 4) is 5.75 Å². The van der Waals surface area contributed by atoms with Crippen LogP contribution in [0.2, 0.25) is 0 Å². The summed E-state index contributed by atoms with van der Waals surface area (Å²) < 4.78 is 32.3. The van der Waals surface area contributed by atoms with Crippen molar-refractivity contribution >= 4 is 27.5 Å². The van der Waals surface area contributed by atoms with Gasteiger partial charge in [-0.3, -0.25) is 13.9 Å². The summed E-state index contributed by atoms with van der Waals surface area (Å²) in [5.74, 6) is 0.00884. The highest BCUT2D eigenvalue weighted by molar-refractivity contribution is 7.92. The van der Waals surface area contributed by atoms with Crippen molar-refractivity contribution in [3.63, 3.8) is 0 Å². The Bertz CT molecular complexity index is 1190. The predicted molar refractivity (Wildman–Crippen MR) is 151 cm³/mol. The molecule has 9 heteroatoms. The first kappa shape index (κ1) is 29.5. The second kappa shape index (κ2) is 13.6. The second-order valence-electron chi connectivity index (χ2n) is 9.89. The number of carbonyl (C=O) groups is 2. The fraction of sp³-hybridized carbons (Fsp3) is 0.517. The van der Waals surface area contributed by atoms with Gasteiger partial charge in [0.05, 0.1) is 19.1 Å². The third-order valence-electron chi connectivity index (χ3n) is 7.14. The summed E-state index contributed by atoms with van der Waals surface area (Å²) in [6.45, 7) is 3.57. The van der Waals surface area contributed by atoms with Gasteiger partial charge in [-0.1, -0.05) is 63.4 Å².